The fourth-order valence-electron chi connectivity index (χ4n) is 4.61. The zero-order valence-corrected chi connectivity index (χ0v) is 18.6. The summed E-state index contributed by atoms with van der Waals surface area (Å²) in [6.45, 7) is 2.09. The summed E-state index contributed by atoms with van der Waals surface area (Å²) < 4.78 is 34.5. The van der Waals surface area contributed by atoms with Crippen LogP contribution >= 0.6 is 0 Å². The summed E-state index contributed by atoms with van der Waals surface area (Å²) in [6.07, 6.45) is 9.52. The summed E-state index contributed by atoms with van der Waals surface area (Å²) in [6, 6.07) is 4.85. The summed E-state index contributed by atoms with van der Waals surface area (Å²) in [4.78, 5) is 14.8. The van der Waals surface area contributed by atoms with Gasteiger partial charge in [-0.1, -0.05) is 39.0 Å². The van der Waals surface area contributed by atoms with Gasteiger partial charge in [0.15, 0.2) is 0 Å². The van der Waals surface area contributed by atoms with Crippen molar-refractivity contribution in [2.24, 2.45) is 5.92 Å². The molecule has 1 aromatic rings. The maximum Gasteiger partial charge on any atom is 0.253 e. The molecular weight excluding hydrogens is 388 g/mol. The molecule has 2 atom stereocenters. The highest BCUT2D eigenvalue weighted by Crippen LogP contribution is 2.30. The second-order valence-corrected chi connectivity index (χ2v) is 10.2. The molecule has 2 unspecified atom stereocenters. The van der Waals surface area contributed by atoms with Crippen molar-refractivity contribution in [2.45, 2.75) is 81.7 Å². The van der Waals surface area contributed by atoms with E-state index in [9.17, 15) is 13.2 Å². The highest BCUT2D eigenvalue weighted by Gasteiger charge is 2.30. The molecule has 1 aromatic carbocycles. The number of methoxy groups -OCH3 is 1. The van der Waals surface area contributed by atoms with Gasteiger partial charge in [0.05, 0.1) is 7.11 Å². The molecule has 0 spiro atoms. The Kier molecular flexibility index (Phi) is 7.22. The van der Waals surface area contributed by atoms with E-state index in [0.29, 0.717) is 11.5 Å². The van der Waals surface area contributed by atoms with Gasteiger partial charge in [0, 0.05) is 24.7 Å². The smallest absolute Gasteiger partial charge is 0.253 e. The molecule has 0 radical (unpaired) electrons. The minimum atomic E-state index is -3.79. The third-order valence-electron chi connectivity index (χ3n) is 6.56. The fraction of sp³-hybridized carbons (Fsp3) is 0.682. The number of ether oxygens (including phenoxy) is 1. The number of hydrogen-bond donors (Lipinski definition) is 1. The Hall–Kier alpha value is -1.60. The molecule has 2 fully saturated rings. The van der Waals surface area contributed by atoms with Gasteiger partial charge in [0.1, 0.15) is 10.6 Å². The van der Waals surface area contributed by atoms with Gasteiger partial charge in [-0.25, -0.2) is 13.1 Å². The quantitative estimate of drug-likeness (QED) is 0.753. The van der Waals surface area contributed by atoms with E-state index in [1.54, 1.807) is 17.0 Å². The third kappa shape index (κ3) is 5.12. The van der Waals surface area contributed by atoms with Gasteiger partial charge in [-0.3, -0.25) is 4.79 Å². The van der Waals surface area contributed by atoms with Crippen LogP contribution in [0.5, 0.6) is 5.75 Å². The first-order valence-electron chi connectivity index (χ1n) is 10.8. The van der Waals surface area contributed by atoms with Crippen LogP contribution in [0, 0.1) is 5.92 Å². The number of nitrogens with one attached hydrogen (secondary N) is 1. The van der Waals surface area contributed by atoms with Crippen LogP contribution in [0.1, 0.15) is 75.1 Å². The average molecular weight is 423 g/mol. The van der Waals surface area contributed by atoms with Gasteiger partial charge in [-0.15, -0.1) is 0 Å². The zero-order chi connectivity index (χ0) is 21.0. The maximum absolute atomic E-state index is 13.2. The number of carbonyl (C=O) groups excluding carboxylic acids is 1. The number of amides is 1. The van der Waals surface area contributed by atoms with Crippen molar-refractivity contribution in [3.63, 3.8) is 0 Å². The minimum absolute atomic E-state index is 0.0423. The molecule has 1 amide bonds. The molecule has 0 heterocycles. The van der Waals surface area contributed by atoms with Crippen LogP contribution in [-0.4, -0.2) is 45.5 Å². The lowest BCUT2D eigenvalue weighted by Gasteiger charge is -2.31. The molecule has 2 aliphatic carbocycles. The van der Waals surface area contributed by atoms with Gasteiger partial charge in [0.2, 0.25) is 10.0 Å². The highest BCUT2D eigenvalue weighted by molar-refractivity contribution is 7.89. The molecule has 29 heavy (non-hydrogen) atoms. The molecule has 3 rings (SSSR count). The standard InChI is InChI=1S/C22H34N2O4S/c1-16-9-7-8-12-19(16)23-29(26,27)21-15-17(13-14-20(21)28-3)22(25)24(2)18-10-5-4-6-11-18/h13-16,18-19,23H,4-12H2,1-3H3. The molecule has 162 valence electrons. The minimum Gasteiger partial charge on any atom is -0.495 e. The van der Waals surface area contributed by atoms with E-state index in [2.05, 4.69) is 11.6 Å². The van der Waals surface area contributed by atoms with Crippen molar-refractivity contribution in [2.75, 3.05) is 14.2 Å². The normalized spacial score (nSPS) is 23.6. The molecule has 2 saturated carbocycles. The zero-order valence-electron chi connectivity index (χ0n) is 17.8. The summed E-state index contributed by atoms with van der Waals surface area (Å²) in [5.41, 5.74) is 0.385. The van der Waals surface area contributed by atoms with E-state index in [4.69, 9.17) is 4.74 Å². The lowest BCUT2D eigenvalue weighted by molar-refractivity contribution is 0.0696. The summed E-state index contributed by atoms with van der Waals surface area (Å²) in [5, 5.41) is 0. The lowest BCUT2D eigenvalue weighted by atomic mass is 9.87. The summed E-state index contributed by atoms with van der Waals surface area (Å²) in [7, 11) is -0.518. The Labute approximate surface area is 175 Å². The van der Waals surface area contributed by atoms with Crippen molar-refractivity contribution in [3.8, 4) is 5.75 Å². The van der Waals surface area contributed by atoms with Gasteiger partial charge in [-0.2, -0.15) is 0 Å². The topological polar surface area (TPSA) is 75.7 Å². The Bertz CT molecular complexity index is 818. The molecular formula is C22H34N2O4S. The molecule has 6 nitrogen and oxygen atoms in total. The highest BCUT2D eigenvalue weighted by atomic mass is 32.2. The van der Waals surface area contributed by atoms with E-state index in [1.165, 1.54) is 19.6 Å². The van der Waals surface area contributed by atoms with Crippen LogP contribution in [-0.2, 0) is 10.0 Å². The van der Waals surface area contributed by atoms with Gasteiger partial charge in [-0.05, 0) is 49.8 Å². The number of hydrogen-bond acceptors (Lipinski definition) is 4. The van der Waals surface area contributed by atoms with E-state index in [1.807, 2.05) is 7.05 Å². The van der Waals surface area contributed by atoms with Crippen molar-refractivity contribution in [3.05, 3.63) is 23.8 Å². The van der Waals surface area contributed by atoms with Gasteiger partial charge < -0.3 is 9.64 Å². The summed E-state index contributed by atoms with van der Waals surface area (Å²) >= 11 is 0. The number of rotatable bonds is 6. The first kappa shape index (κ1) is 22.1. The predicted octanol–water partition coefficient (Wildman–Crippen LogP) is 3.96. The first-order valence-corrected chi connectivity index (χ1v) is 12.3. The first-order chi connectivity index (χ1) is 13.8. The summed E-state index contributed by atoms with van der Waals surface area (Å²) in [5.74, 6) is 0.423. The van der Waals surface area contributed by atoms with E-state index in [-0.39, 0.29) is 28.6 Å². The molecule has 0 aromatic heterocycles. The van der Waals surface area contributed by atoms with Crippen LogP contribution in [0.15, 0.2) is 23.1 Å². The largest absolute Gasteiger partial charge is 0.495 e. The molecule has 0 bridgehead atoms. The van der Waals surface area contributed by atoms with E-state index < -0.39 is 10.0 Å². The van der Waals surface area contributed by atoms with Crippen molar-refractivity contribution in [1.82, 2.24) is 9.62 Å². The Morgan fingerprint density at radius 1 is 1.07 bits per heavy atom. The lowest BCUT2D eigenvalue weighted by Crippen LogP contribution is -2.41. The van der Waals surface area contributed by atoms with Crippen molar-refractivity contribution in [1.29, 1.82) is 0 Å². The van der Waals surface area contributed by atoms with Gasteiger partial charge >= 0.3 is 0 Å². The number of benzene rings is 1. The monoisotopic (exact) mass is 422 g/mol. The van der Waals surface area contributed by atoms with Crippen molar-refractivity contribution >= 4 is 15.9 Å². The van der Waals surface area contributed by atoms with Gasteiger partial charge in [0.25, 0.3) is 5.91 Å². The van der Waals surface area contributed by atoms with Crippen LogP contribution in [0.3, 0.4) is 0 Å². The van der Waals surface area contributed by atoms with Crippen LogP contribution in [0.25, 0.3) is 0 Å². The van der Waals surface area contributed by atoms with Crippen LogP contribution in [0.2, 0.25) is 0 Å². The Balaban J connectivity index is 1.85. The fourth-order valence-corrected chi connectivity index (χ4v) is 6.19. The Morgan fingerprint density at radius 2 is 1.72 bits per heavy atom. The molecule has 2 aliphatic rings. The number of sulfonamides is 1. The second kappa shape index (κ2) is 9.47. The SMILES string of the molecule is COc1ccc(C(=O)N(C)C2CCCCC2)cc1S(=O)(=O)NC1CCCCC1C. The van der Waals surface area contributed by atoms with Crippen LogP contribution in [0.4, 0.5) is 0 Å². The third-order valence-corrected chi connectivity index (χ3v) is 8.07. The Morgan fingerprint density at radius 3 is 2.38 bits per heavy atom. The molecule has 0 aliphatic heterocycles. The maximum atomic E-state index is 13.2. The molecule has 1 N–H and O–H groups in total. The number of carbonyl (C=O) groups is 1. The van der Waals surface area contributed by atoms with Crippen LogP contribution < -0.4 is 9.46 Å². The predicted molar refractivity (Wildman–Crippen MR) is 114 cm³/mol. The van der Waals surface area contributed by atoms with E-state index >= 15 is 0 Å². The second-order valence-electron chi connectivity index (χ2n) is 8.56. The molecule has 0 saturated heterocycles. The molecule has 7 heteroatoms. The average Bonchev–Trinajstić information content (AvgIpc) is 2.74. The van der Waals surface area contributed by atoms with E-state index in [0.717, 1.165) is 51.4 Å². The number of nitrogens with zero attached hydrogens (tertiary/aromatic N) is 1. The van der Waals surface area contributed by atoms with Crippen molar-refractivity contribution < 1.29 is 17.9 Å².